The maximum absolute atomic E-state index is 8.47. The molecule has 0 aliphatic rings. The molecule has 0 spiro atoms. The van der Waals surface area contributed by atoms with Crippen LogP contribution in [0.15, 0.2) is 10.8 Å². The molecule has 6 heteroatoms. The van der Waals surface area contributed by atoms with Crippen molar-refractivity contribution < 1.29 is 9.84 Å². The Balaban J connectivity index is 2.78. The lowest BCUT2D eigenvalue weighted by Gasteiger charge is -2.04. The Bertz CT molecular complexity index is 272. The summed E-state index contributed by atoms with van der Waals surface area (Å²) < 4.78 is 5.53. The molecule has 0 radical (unpaired) electrons. The van der Waals surface area contributed by atoms with Gasteiger partial charge in [0.05, 0.1) is 6.61 Å². The molecule has 0 bridgehead atoms. The minimum absolute atomic E-state index is 0.0614. The van der Waals surface area contributed by atoms with Gasteiger partial charge in [-0.25, -0.2) is 9.97 Å². The summed E-state index contributed by atoms with van der Waals surface area (Å²) in [6.45, 7) is 0.125. The molecular formula is C6H6BrClN2O2. The highest BCUT2D eigenvalue weighted by molar-refractivity contribution is 9.10. The summed E-state index contributed by atoms with van der Waals surface area (Å²) >= 11 is 8.80. The second-order valence-corrected chi connectivity index (χ2v) is 3.01. The highest BCUT2D eigenvalue weighted by Crippen LogP contribution is 2.27. The smallest absolute Gasteiger partial charge is 0.232 e. The number of hydrogen-bond donors (Lipinski definition) is 1. The Hall–Kier alpha value is -0.390. The summed E-state index contributed by atoms with van der Waals surface area (Å²) in [6, 6.07) is 0. The fraction of sp³-hybridized carbons (Fsp3) is 0.333. The third kappa shape index (κ3) is 2.30. The maximum atomic E-state index is 8.47. The number of hydrogen-bond acceptors (Lipinski definition) is 4. The van der Waals surface area contributed by atoms with Gasteiger partial charge in [0.2, 0.25) is 5.88 Å². The van der Waals surface area contributed by atoms with Crippen molar-refractivity contribution >= 4 is 27.5 Å². The summed E-state index contributed by atoms with van der Waals surface area (Å²) in [5.74, 6) is 0.337. The third-order valence-electron chi connectivity index (χ3n) is 1.05. The lowest BCUT2D eigenvalue weighted by atomic mass is 10.6. The first-order chi connectivity index (χ1) is 5.75. The maximum Gasteiger partial charge on any atom is 0.232 e. The normalized spacial score (nSPS) is 9.92. The molecule has 0 saturated heterocycles. The lowest BCUT2D eigenvalue weighted by Crippen LogP contribution is -2.03. The van der Waals surface area contributed by atoms with Gasteiger partial charge >= 0.3 is 0 Å². The van der Waals surface area contributed by atoms with Gasteiger partial charge in [-0.1, -0.05) is 11.6 Å². The van der Waals surface area contributed by atoms with Crippen LogP contribution in [0.4, 0.5) is 0 Å². The van der Waals surface area contributed by atoms with E-state index in [1.54, 1.807) is 0 Å². The van der Waals surface area contributed by atoms with Crippen LogP contribution in [0.1, 0.15) is 0 Å². The van der Waals surface area contributed by atoms with E-state index in [1.165, 1.54) is 6.33 Å². The number of rotatable bonds is 3. The summed E-state index contributed by atoms with van der Waals surface area (Å²) in [7, 11) is 0. The summed E-state index contributed by atoms with van der Waals surface area (Å²) in [4.78, 5) is 7.51. The molecule has 1 aromatic rings. The molecule has 0 saturated carbocycles. The Morgan fingerprint density at radius 3 is 3.00 bits per heavy atom. The second kappa shape index (κ2) is 4.59. The number of aromatic nitrogens is 2. The minimum atomic E-state index is -0.0614. The monoisotopic (exact) mass is 252 g/mol. The van der Waals surface area contributed by atoms with Crippen molar-refractivity contribution in [1.29, 1.82) is 0 Å². The Morgan fingerprint density at radius 2 is 2.33 bits per heavy atom. The summed E-state index contributed by atoms with van der Waals surface area (Å²) in [5, 5.41) is 8.76. The van der Waals surface area contributed by atoms with Gasteiger partial charge in [0.25, 0.3) is 0 Å². The van der Waals surface area contributed by atoms with Crippen LogP contribution >= 0.6 is 27.5 Å². The number of ether oxygens (including phenoxy) is 1. The van der Waals surface area contributed by atoms with Crippen molar-refractivity contribution in [1.82, 2.24) is 9.97 Å². The Kier molecular flexibility index (Phi) is 3.71. The van der Waals surface area contributed by atoms with E-state index >= 15 is 0 Å². The number of nitrogens with zero attached hydrogens (tertiary/aromatic N) is 2. The van der Waals surface area contributed by atoms with Crippen LogP contribution in [0.25, 0.3) is 0 Å². The lowest BCUT2D eigenvalue weighted by molar-refractivity contribution is 0.195. The molecule has 0 unspecified atom stereocenters. The molecule has 1 heterocycles. The molecule has 4 nitrogen and oxygen atoms in total. The third-order valence-corrected chi connectivity index (χ3v) is 2.27. The SMILES string of the molecule is OCCOc1ncnc(Cl)c1Br. The van der Waals surface area contributed by atoms with Crippen molar-refractivity contribution in [3.8, 4) is 5.88 Å². The van der Waals surface area contributed by atoms with Gasteiger partial charge in [-0.2, -0.15) is 0 Å². The predicted octanol–water partition coefficient (Wildman–Crippen LogP) is 1.26. The second-order valence-electron chi connectivity index (χ2n) is 1.86. The summed E-state index contributed by atoms with van der Waals surface area (Å²) in [6.07, 6.45) is 1.29. The molecule has 1 N–H and O–H groups in total. The van der Waals surface area contributed by atoms with Crippen molar-refractivity contribution in [2.75, 3.05) is 13.2 Å². The number of aliphatic hydroxyl groups excluding tert-OH is 1. The van der Waals surface area contributed by atoms with Crippen molar-refractivity contribution in [3.05, 3.63) is 16.0 Å². The molecule has 12 heavy (non-hydrogen) atoms. The van der Waals surface area contributed by atoms with Crippen molar-refractivity contribution in [3.63, 3.8) is 0 Å². The van der Waals surface area contributed by atoms with E-state index in [9.17, 15) is 0 Å². The Labute approximate surface area is 82.7 Å². The van der Waals surface area contributed by atoms with E-state index in [4.69, 9.17) is 21.4 Å². The molecule has 1 aromatic heterocycles. The van der Waals surface area contributed by atoms with E-state index in [0.717, 1.165) is 0 Å². The largest absolute Gasteiger partial charge is 0.474 e. The van der Waals surface area contributed by atoms with Gasteiger partial charge in [-0.15, -0.1) is 0 Å². The highest BCUT2D eigenvalue weighted by atomic mass is 79.9. The zero-order chi connectivity index (χ0) is 8.97. The summed E-state index contributed by atoms with van der Waals surface area (Å²) in [5.41, 5.74) is 0. The number of halogens is 2. The molecule has 66 valence electrons. The van der Waals surface area contributed by atoms with Gasteiger partial charge in [0.15, 0.2) is 5.15 Å². The molecule has 0 aromatic carbocycles. The molecule has 1 rings (SSSR count). The van der Waals surface area contributed by atoms with Gasteiger partial charge in [0.1, 0.15) is 17.4 Å². The molecule has 0 atom stereocenters. The van der Waals surface area contributed by atoms with E-state index in [0.29, 0.717) is 10.4 Å². The van der Waals surface area contributed by atoms with Gasteiger partial charge in [0, 0.05) is 0 Å². The topological polar surface area (TPSA) is 55.2 Å². The number of aliphatic hydroxyl groups is 1. The van der Waals surface area contributed by atoms with E-state index < -0.39 is 0 Å². The van der Waals surface area contributed by atoms with Crippen LogP contribution in [0.3, 0.4) is 0 Å². The quantitative estimate of drug-likeness (QED) is 0.824. The van der Waals surface area contributed by atoms with Crippen molar-refractivity contribution in [2.45, 2.75) is 0 Å². The van der Waals surface area contributed by atoms with Crippen LogP contribution in [-0.4, -0.2) is 28.3 Å². The first-order valence-electron chi connectivity index (χ1n) is 3.15. The predicted molar refractivity (Wildman–Crippen MR) is 47.3 cm³/mol. The van der Waals surface area contributed by atoms with Crippen LogP contribution in [0.2, 0.25) is 5.15 Å². The van der Waals surface area contributed by atoms with E-state index in [-0.39, 0.29) is 18.4 Å². The molecule has 0 fully saturated rings. The average Bonchev–Trinajstić information content (AvgIpc) is 2.08. The van der Waals surface area contributed by atoms with E-state index in [2.05, 4.69) is 25.9 Å². The highest BCUT2D eigenvalue weighted by Gasteiger charge is 2.06. The Morgan fingerprint density at radius 1 is 1.58 bits per heavy atom. The minimum Gasteiger partial charge on any atom is -0.474 e. The van der Waals surface area contributed by atoms with Crippen LogP contribution < -0.4 is 4.74 Å². The zero-order valence-electron chi connectivity index (χ0n) is 6.00. The fourth-order valence-corrected chi connectivity index (χ4v) is 1.02. The van der Waals surface area contributed by atoms with E-state index in [1.807, 2.05) is 0 Å². The van der Waals surface area contributed by atoms with Crippen LogP contribution in [0.5, 0.6) is 5.88 Å². The van der Waals surface area contributed by atoms with Crippen LogP contribution in [-0.2, 0) is 0 Å². The average molecular weight is 253 g/mol. The first-order valence-corrected chi connectivity index (χ1v) is 4.32. The van der Waals surface area contributed by atoms with Crippen molar-refractivity contribution in [2.24, 2.45) is 0 Å². The molecular weight excluding hydrogens is 247 g/mol. The van der Waals surface area contributed by atoms with Gasteiger partial charge < -0.3 is 9.84 Å². The van der Waals surface area contributed by atoms with Gasteiger partial charge in [-0.3, -0.25) is 0 Å². The fourth-order valence-electron chi connectivity index (χ4n) is 0.577. The standard InChI is InChI=1S/C6H6BrClN2O2/c7-4-5(8)9-3-10-6(4)12-2-1-11/h3,11H,1-2H2. The van der Waals surface area contributed by atoms with Gasteiger partial charge in [-0.05, 0) is 15.9 Å². The zero-order valence-corrected chi connectivity index (χ0v) is 8.34. The molecule has 0 aliphatic carbocycles. The molecule has 0 aliphatic heterocycles. The first kappa shape index (κ1) is 9.70. The van der Waals surface area contributed by atoms with Crippen LogP contribution in [0, 0.1) is 0 Å². The molecule has 0 amide bonds.